The monoisotopic (exact) mass is 474 g/mol. The molecule has 0 amide bonds. The average molecular weight is 475 g/mol. The molecule has 9 heteroatoms. The van der Waals surface area contributed by atoms with Gasteiger partial charge in [0.1, 0.15) is 17.1 Å². The van der Waals surface area contributed by atoms with Gasteiger partial charge in [0.15, 0.2) is 0 Å². The van der Waals surface area contributed by atoms with E-state index in [0.717, 1.165) is 44.1 Å². The number of rotatable bonds is 7. The van der Waals surface area contributed by atoms with Crippen molar-refractivity contribution >= 4 is 21.7 Å². The summed E-state index contributed by atoms with van der Waals surface area (Å²) < 4.78 is 48.9. The highest BCUT2D eigenvalue weighted by atomic mass is 32.2. The molecule has 3 atom stereocenters. The summed E-state index contributed by atoms with van der Waals surface area (Å²) in [7, 11) is -4.16. The number of benzene rings is 2. The van der Waals surface area contributed by atoms with Crippen molar-refractivity contribution in [3.8, 4) is 5.75 Å². The maximum atomic E-state index is 14.1. The molecule has 1 saturated carbocycles. The summed E-state index contributed by atoms with van der Waals surface area (Å²) in [6.45, 7) is 5.22. The number of hydrogen-bond acceptors (Lipinski definition) is 5. The predicted octanol–water partition coefficient (Wildman–Crippen LogP) is 3.70. The minimum atomic E-state index is -4.16. The van der Waals surface area contributed by atoms with Gasteiger partial charge in [0, 0.05) is 12.5 Å². The first-order chi connectivity index (χ1) is 15.8. The van der Waals surface area contributed by atoms with Gasteiger partial charge in [-0.2, -0.15) is 0 Å². The maximum absolute atomic E-state index is 14.1. The highest BCUT2D eigenvalue weighted by molar-refractivity contribution is 7.92. The number of hydrogen-bond donors (Lipinski definition) is 2. The number of carboxylic acids is 1. The normalized spacial score (nSPS) is 24.0. The van der Waals surface area contributed by atoms with Gasteiger partial charge < -0.3 is 14.7 Å². The van der Waals surface area contributed by atoms with Gasteiger partial charge in [0.05, 0.1) is 17.2 Å². The zero-order valence-corrected chi connectivity index (χ0v) is 19.2. The second-order valence-electron chi connectivity index (χ2n) is 9.23. The number of nitrogens with zero attached hydrogens (tertiary/aromatic N) is 1. The summed E-state index contributed by atoms with van der Waals surface area (Å²) in [5, 5.41) is 9.85. The van der Waals surface area contributed by atoms with Crippen molar-refractivity contribution in [3.63, 3.8) is 0 Å². The van der Waals surface area contributed by atoms with Crippen molar-refractivity contribution in [1.82, 2.24) is 4.90 Å². The van der Waals surface area contributed by atoms with Crippen molar-refractivity contribution in [2.45, 2.75) is 37.0 Å². The summed E-state index contributed by atoms with van der Waals surface area (Å²) in [6.07, 6.45) is 2.31. The van der Waals surface area contributed by atoms with E-state index in [-0.39, 0.29) is 33.7 Å². The average Bonchev–Trinajstić information content (AvgIpc) is 3.43. The Morgan fingerprint density at radius 2 is 2.12 bits per heavy atom. The van der Waals surface area contributed by atoms with Crippen LogP contribution in [0.3, 0.4) is 0 Å². The van der Waals surface area contributed by atoms with Crippen LogP contribution in [0.2, 0.25) is 0 Å². The number of likely N-dealkylation sites (tertiary alicyclic amines) is 1. The first-order valence-corrected chi connectivity index (χ1v) is 12.8. The smallest absolute Gasteiger partial charge is 0.341 e. The molecule has 0 bridgehead atoms. The van der Waals surface area contributed by atoms with Gasteiger partial charge in [-0.15, -0.1) is 0 Å². The fourth-order valence-corrected chi connectivity index (χ4v) is 6.50. The van der Waals surface area contributed by atoms with E-state index in [4.69, 9.17) is 4.74 Å². The zero-order chi connectivity index (χ0) is 23.3. The van der Waals surface area contributed by atoms with Crippen LogP contribution in [-0.4, -0.2) is 50.6 Å². The molecule has 2 heterocycles. The number of aromatic carboxylic acids is 1. The van der Waals surface area contributed by atoms with Gasteiger partial charge in [-0.25, -0.2) is 17.6 Å². The fraction of sp³-hybridized carbons (Fsp3) is 0.458. The molecular formula is C24H27FN2O5S. The molecule has 3 aliphatic rings. The number of nitrogens with one attached hydrogen (secondary N) is 1. The second kappa shape index (κ2) is 8.29. The predicted molar refractivity (Wildman–Crippen MR) is 121 cm³/mol. The van der Waals surface area contributed by atoms with Crippen molar-refractivity contribution in [3.05, 3.63) is 52.8 Å². The van der Waals surface area contributed by atoms with Gasteiger partial charge in [0.2, 0.25) is 0 Å². The maximum Gasteiger partial charge on any atom is 0.341 e. The van der Waals surface area contributed by atoms with Gasteiger partial charge in [-0.05, 0) is 79.6 Å². The molecule has 1 saturated heterocycles. The van der Waals surface area contributed by atoms with Crippen molar-refractivity contribution in [2.24, 2.45) is 11.8 Å². The van der Waals surface area contributed by atoms with Crippen molar-refractivity contribution in [1.29, 1.82) is 0 Å². The van der Waals surface area contributed by atoms with E-state index in [2.05, 4.69) is 16.5 Å². The van der Waals surface area contributed by atoms with E-state index in [1.165, 1.54) is 18.2 Å². The third-order valence-corrected chi connectivity index (χ3v) is 8.51. The quantitative estimate of drug-likeness (QED) is 0.635. The first kappa shape index (κ1) is 22.2. The number of halogens is 1. The highest BCUT2D eigenvalue weighted by Gasteiger charge is 2.45. The number of anilines is 1. The van der Waals surface area contributed by atoms with Crippen LogP contribution in [0.15, 0.2) is 35.2 Å². The molecule has 2 aromatic carbocycles. The molecule has 0 radical (unpaired) electrons. The van der Waals surface area contributed by atoms with Crippen LogP contribution < -0.4 is 9.46 Å². The van der Waals surface area contributed by atoms with Gasteiger partial charge in [-0.1, -0.05) is 13.0 Å². The summed E-state index contributed by atoms with van der Waals surface area (Å²) in [5.41, 5.74) is 0.987. The molecule has 176 valence electrons. The Kier molecular flexibility index (Phi) is 5.56. The van der Waals surface area contributed by atoms with E-state index >= 15 is 0 Å². The van der Waals surface area contributed by atoms with E-state index < -0.39 is 21.8 Å². The van der Waals surface area contributed by atoms with Crippen LogP contribution in [0, 0.1) is 17.7 Å². The molecule has 2 fully saturated rings. The van der Waals surface area contributed by atoms with Crippen LogP contribution in [0.5, 0.6) is 5.75 Å². The van der Waals surface area contributed by atoms with E-state index in [9.17, 15) is 22.7 Å². The standard InChI is InChI=1S/C24H27FN2O5S/c1-2-27-8-7-14(12-27)9-15-10-17(25)3-6-21(15)33(30,31)26-20-5-4-18-19-11-16(19)13-32-23(18)22(20)24(28)29/h3-6,10,14,16,19,26H,2,7-9,11-13H2,1H3,(H,28,29)/t14-,16+,19+/m0/s1. The zero-order valence-electron chi connectivity index (χ0n) is 18.4. The Bertz CT molecular complexity index is 1220. The highest BCUT2D eigenvalue weighted by Crippen LogP contribution is 2.55. The van der Waals surface area contributed by atoms with Gasteiger partial charge >= 0.3 is 5.97 Å². The largest absolute Gasteiger partial charge is 0.492 e. The number of carboxylic acid groups (broad SMARTS) is 1. The molecule has 2 aliphatic heterocycles. The molecule has 0 aromatic heterocycles. The number of ether oxygens (including phenoxy) is 1. The molecule has 2 N–H and O–H groups in total. The van der Waals surface area contributed by atoms with Crippen molar-refractivity contribution in [2.75, 3.05) is 31.0 Å². The number of sulfonamides is 1. The minimum Gasteiger partial charge on any atom is -0.492 e. The first-order valence-electron chi connectivity index (χ1n) is 11.3. The molecule has 1 aliphatic carbocycles. The summed E-state index contributed by atoms with van der Waals surface area (Å²) in [5.74, 6) is -0.599. The molecule has 7 nitrogen and oxygen atoms in total. The Morgan fingerprint density at radius 1 is 1.30 bits per heavy atom. The summed E-state index contributed by atoms with van der Waals surface area (Å²) in [4.78, 5) is 14.3. The SMILES string of the molecule is CCN1CC[C@@H](Cc2cc(F)ccc2S(=O)(=O)Nc2ccc3c(c2C(=O)O)OC[C@H]2C[C@@H]32)C1. The lowest BCUT2D eigenvalue weighted by Crippen LogP contribution is -2.22. The van der Waals surface area contributed by atoms with Crippen LogP contribution >= 0.6 is 0 Å². The fourth-order valence-electron chi connectivity index (χ4n) is 5.19. The van der Waals surface area contributed by atoms with Crippen LogP contribution in [-0.2, 0) is 16.4 Å². The molecular weight excluding hydrogens is 447 g/mol. The van der Waals surface area contributed by atoms with Gasteiger partial charge in [-0.3, -0.25) is 4.72 Å². The third-order valence-electron chi connectivity index (χ3n) is 7.05. The Morgan fingerprint density at radius 3 is 2.85 bits per heavy atom. The molecule has 33 heavy (non-hydrogen) atoms. The molecule has 2 aromatic rings. The summed E-state index contributed by atoms with van der Waals surface area (Å²) in [6, 6.07) is 6.87. The van der Waals surface area contributed by atoms with E-state index in [1.54, 1.807) is 6.07 Å². The number of carbonyl (C=O) groups is 1. The number of fused-ring (bicyclic) bond motifs is 3. The molecule has 5 rings (SSSR count). The topological polar surface area (TPSA) is 95.9 Å². The van der Waals surface area contributed by atoms with Crippen molar-refractivity contribution < 1.29 is 27.4 Å². The van der Waals surface area contributed by atoms with Crippen LogP contribution in [0.25, 0.3) is 0 Å². The van der Waals surface area contributed by atoms with Crippen LogP contribution in [0.4, 0.5) is 10.1 Å². The third kappa shape index (κ3) is 4.19. The Balaban J connectivity index is 1.47. The van der Waals surface area contributed by atoms with Gasteiger partial charge in [0.25, 0.3) is 10.0 Å². The second-order valence-corrected chi connectivity index (χ2v) is 10.9. The Hall–Kier alpha value is -2.65. The van der Waals surface area contributed by atoms with E-state index in [1.807, 2.05) is 0 Å². The minimum absolute atomic E-state index is 0.0314. The van der Waals surface area contributed by atoms with E-state index in [0.29, 0.717) is 24.5 Å². The lowest BCUT2D eigenvalue weighted by Gasteiger charge is -2.21. The summed E-state index contributed by atoms with van der Waals surface area (Å²) >= 11 is 0. The lowest BCUT2D eigenvalue weighted by atomic mass is 9.98. The Labute approximate surface area is 192 Å². The molecule has 0 spiro atoms. The van der Waals surface area contributed by atoms with Crippen LogP contribution in [0.1, 0.15) is 47.2 Å². The lowest BCUT2D eigenvalue weighted by molar-refractivity contribution is 0.0692. The molecule has 0 unspecified atom stereocenters.